The number of rotatable bonds is 9. The first kappa shape index (κ1) is 14.0. The molecule has 0 amide bonds. The van der Waals surface area contributed by atoms with Gasteiger partial charge < -0.3 is 5.32 Å². The van der Waals surface area contributed by atoms with Gasteiger partial charge in [0.1, 0.15) is 0 Å². The van der Waals surface area contributed by atoms with Gasteiger partial charge in [-0.1, -0.05) is 13.8 Å². The van der Waals surface area contributed by atoms with Crippen LogP contribution < -0.4 is 5.32 Å². The highest BCUT2D eigenvalue weighted by Gasteiger charge is 2.32. The third-order valence-electron chi connectivity index (χ3n) is 3.52. The third-order valence-corrected chi connectivity index (χ3v) is 3.52. The van der Waals surface area contributed by atoms with Gasteiger partial charge >= 0.3 is 0 Å². The van der Waals surface area contributed by atoms with Gasteiger partial charge in [-0.15, -0.1) is 0 Å². The molecule has 0 aromatic carbocycles. The van der Waals surface area contributed by atoms with Crippen LogP contribution in [0.5, 0.6) is 0 Å². The topological polar surface area (TPSA) is 15.3 Å². The lowest BCUT2D eigenvalue weighted by atomic mass is 10.1. The van der Waals surface area contributed by atoms with E-state index in [0.717, 1.165) is 12.0 Å². The lowest BCUT2D eigenvalue weighted by molar-refractivity contribution is 0.189. The quantitative estimate of drug-likeness (QED) is 0.650. The van der Waals surface area contributed by atoms with Gasteiger partial charge in [0.25, 0.3) is 0 Å². The minimum absolute atomic E-state index is 0.685. The molecule has 1 N–H and O–H groups in total. The van der Waals surface area contributed by atoms with Crippen LogP contribution in [0.25, 0.3) is 0 Å². The molecule has 1 fully saturated rings. The summed E-state index contributed by atoms with van der Waals surface area (Å²) < 4.78 is 0. The number of hydrogen-bond acceptors (Lipinski definition) is 2. The molecule has 1 aliphatic carbocycles. The third kappa shape index (κ3) is 4.84. The summed E-state index contributed by atoms with van der Waals surface area (Å²) in [7, 11) is 0. The van der Waals surface area contributed by atoms with Crippen LogP contribution in [0, 0.1) is 5.92 Å². The van der Waals surface area contributed by atoms with Crippen LogP contribution in [-0.2, 0) is 0 Å². The zero-order chi connectivity index (χ0) is 12.0. The van der Waals surface area contributed by atoms with E-state index in [2.05, 4.69) is 37.9 Å². The van der Waals surface area contributed by atoms with Crippen LogP contribution in [0.15, 0.2) is 0 Å². The van der Waals surface area contributed by atoms with Crippen LogP contribution in [0.3, 0.4) is 0 Å². The van der Waals surface area contributed by atoms with Crippen LogP contribution in [0.1, 0.15) is 53.4 Å². The Balaban J connectivity index is 2.37. The highest BCUT2D eigenvalue weighted by Crippen LogP contribution is 2.33. The molecule has 0 aliphatic heterocycles. The van der Waals surface area contributed by atoms with E-state index < -0.39 is 0 Å². The predicted molar refractivity (Wildman–Crippen MR) is 71.8 cm³/mol. The number of nitrogens with zero attached hydrogens (tertiary/aromatic N) is 1. The zero-order valence-electron chi connectivity index (χ0n) is 11.6. The van der Waals surface area contributed by atoms with Gasteiger partial charge in [0.15, 0.2) is 0 Å². The average molecular weight is 226 g/mol. The molecule has 2 heteroatoms. The second-order valence-corrected chi connectivity index (χ2v) is 5.49. The fourth-order valence-corrected chi connectivity index (χ4v) is 2.31. The van der Waals surface area contributed by atoms with Crippen LogP contribution >= 0.6 is 0 Å². The Labute approximate surface area is 102 Å². The summed E-state index contributed by atoms with van der Waals surface area (Å²) >= 11 is 0. The van der Waals surface area contributed by atoms with Gasteiger partial charge in [0, 0.05) is 18.6 Å². The van der Waals surface area contributed by atoms with E-state index in [1.807, 2.05) is 0 Å². The molecule has 0 aromatic rings. The first-order valence-corrected chi connectivity index (χ1v) is 7.16. The molecule has 1 rings (SSSR count). The first-order valence-electron chi connectivity index (χ1n) is 7.16. The Bertz CT molecular complexity index is 176. The summed E-state index contributed by atoms with van der Waals surface area (Å²) in [4.78, 5) is 2.63. The standard InChI is InChI=1S/C14H30N2/c1-5-9-15-14(13-7-8-13)11-16(10-6-2)12(3)4/h12-15H,5-11H2,1-4H3. The molecule has 96 valence electrons. The Morgan fingerprint density at radius 2 is 1.88 bits per heavy atom. The maximum absolute atomic E-state index is 3.73. The molecule has 0 spiro atoms. The largest absolute Gasteiger partial charge is 0.312 e. The normalized spacial score (nSPS) is 18.4. The maximum Gasteiger partial charge on any atom is 0.0223 e. The predicted octanol–water partition coefficient (Wildman–Crippen LogP) is 2.89. The fourth-order valence-electron chi connectivity index (χ4n) is 2.31. The Kier molecular flexibility index (Phi) is 6.37. The number of nitrogens with one attached hydrogen (secondary N) is 1. The van der Waals surface area contributed by atoms with Gasteiger partial charge in [-0.2, -0.15) is 0 Å². The lowest BCUT2D eigenvalue weighted by Crippen LogP contribution is -2.45. The van der Waals surface area contributed by atoms with Crippen molar-refractivity contribution in [1.82, 2.24) is 10.2 Å². The van der Waals surface area contributed by atoms with Crippen molar-refractivity contribution >= 4 is 0 Å². The minimum Gasteiger partial charge on any atom is -0.312 e. The molecule has 1 unspecified atom stereocenters. The van der Waals surface area contributed by atoms with Crippen LogP contribution in [0.2, 0.25) is 0 Å². The van der Waals surface area contributed by atoms with Crippen molar-refractivity contribution < 1.29 is 0 Å². The fraction of sp³-hybridized carbons (Fsp3) is 1.00. The molecule has 2 nitrogen and oxygen atoms in total. The highest BCUT2D eigenvalue weighted by molar-refractivity contribution is 4.88. The van der Waals surface area contributed by atoms with Crippen molar-refractivity contribution in [2.24, 2.45) is 5.92 Å². The summed E-state index contributed by atoms with van der Waals surface area (Å²) in [6.07, 6.45) is 5.40. The van der Waals surface area contributed by atoms with E-state index in [0.29, 0.717) is 6.04 Å². The molecular weight excluding hydrogens is 196 g/mol. The molecule has 1 atom stereocenters. The zero-order valence-corrected chi connectivity index (χ0v) is 11.6. The molecule has 1 aliphatic rings. The molecule has 1 saturated carbocycles. The van der Waals surface area contributed by atoms with Crippen LogP contribution in [-0.4, -0.2) is 36.6 Å². The molecule has 0 aromatic heterocycles. The summed E-state index contributed by atoms with van der Waals surface area (Å²) in [5.74, 6) is 0.963. The van der Waals surface area contributed by atoms with Gasteiger partial charge in [-0.25, -0.2) is 0 Å². The summed E-state index contributed by atoms with van der Waals surface area (Å²) in [6, 6.07) is 1.43. The highest BCUT2D eigenvalue weighted by atomic mass is 15.2. The van der Waals surface area contributed by atoms with Crippen molar-refractivity contribution in [3.8, 4) is 0 Å². The Morgan fingerprint density at radius 1 is 1.19 bits per heavy atom. The van der Waals surface area contributed by atoms with E-state index in [1.54, 1.807) is 0 Å². The SMILES string of the molecule is CCCNC(CN(CCC)C(C)C)C1CC1. The smallest absolute Gasteiger partial charge is 0.0223 e. The van der Waals surface area contributed by atoms with Gasteiger partial charge in [0.2, 0.25) is 0 Å². The van der Waals surface area contributed by atoms with Gasteiger partial charge in [-0.3, -0.25) is 4.90 Å². The summed E-state index contributed by atoms with van der Waals surface area (Å²) in [5.41, 5.74) is 0. The van der Waals surface area contributed by atoms with Crippen molar-refractivity contribution in [3.63, 3.8) is 0 Å². The molecule has 0 radical (unpaired) electrons. The summed E-state index contributed by atoms with van der Waals surface area (Å²) in [5, 5.41) is 3.73. The van der Waals surface area contributed by atoms with Gasteiger partial charge in [-0.05, 0) is 58.5 Å². The van der Waals surface area contributed by atoms with Crippen LogP contribution in [0.4, 0.5) is 0 Å². The van der Waals surface area contributed by atoms with Crippen molar-refractivity contribution in [1.29, 1.82) is 0 Å². The van der Waals surface area contributed by atoms with E-state index in [1.165, 1.54) is 45.3 Å². The van der Waals surface area contributed by atoms with E-state index in [-0.39, 0.29) is 0 Å². The molecule has 0 bridgehead atoms. The maximum atomic E-state index is 3.73. The monoisotopic (exact) mass is 226 g/mol. The molecular formula is C14H30N2. The van der Waals surface area contributed by atoms with Gasteiger partial charge in [0.05, 0.1) is 0 Å². The number of hydrogen-bond donors (Lipinski definition) is 1. The first-order chi connectivity index (χ1) is 7.69. The Morgan fingerprint density at radius 3 is 2.31 bits per heavy atom. The van der Waals surface area contributed by atoms with E-state index in [9.17, 15) is 0 Å². The minimum atomic E-state index is 0.685. The Hall–Kier alpha value is -0.0800. The lowest BCUT2D eigenvalue weighted by Gasteiger charge is -2.31. The molecule has 16 heavy (non-hydrogen) atoms. The molecule has 0 saturated heterocycles. The second kappa shape index (κ2) is 7.29. The average Bonchev–Trinajstić information content (AvgIpc) is 3.06. The van der Waals surface area contributed by atoms with Crippen molar-refractivity contribution in [2.75, 3.05) is 19.6 Å². The second-order valence-electron chi connectivity index (χ2n) is 5.49. The van der Waals surface area contributed by atoms with Crippen molar-refractivity contribution in [2.45, 2.75) is 65.5 Å². The van der Waals surface area contributed by atoms with E-state index >= 15 is 0 Å². The van der Waals surface area contributed by atoms with E-state index in [4.69, 9.17) is 0 Å². The summed E-state index contributed by atoms with van der Waals surface area (Å²) in [6.45, 7) is 12.8. The van der Waals surface area contributed by atoms with Crippen molar-refractivity contribution in [3.05, 3.63) is 0 Å². The molecule has 0 heterocycles.